The fourth-order valence-corrected chi connectivity index (χ4v) is 3.48. The summed E-state index contributed by atoms with van der Waals surface area (Å²) in [7, 11) is -3.13. The van der Waals surface area contributed by atoms with Crippen LogP contribution in [-0.4, -0.2) is 29.2 Å². The summed E-state index contributed by atoms with van der Waals surface area (Å²) in [5.41, 5.74) is 4.51. The Morgan fingerprint density at radius 3 is 2.50 bits per heavy atom. The summed E-state index contributed by atoms with van der Waals surface area (Å²) in [6.07, 6.45) is 2.61. The van der Waals surface area contributed by atoms with Crippen molar-refractivity contribution < 1.29 is 25.1 Å². The second-order valence-corrected chi connectivity index (χ2v) is 7.63. The highest BCUT2D eigenvalue weighted by Crippen LogP contribution is 2.42. The van der Waals surface area contributed by atoms with Crippen LogP contribution in [0.15, 0.2) is 30.3 Å². The Labute approximate surface area is 119 Å². The van der Waals surface area contributed by atoms with Crippen molar-refractivity contribution in [3.05, 3.63) is 35.9 Å². The minimum Gasteiger partial charge on any atom is -0.544 e. The molecule has 0 bridgehead atoms. The maximum atomic E-state index is 12.0. The predicted octanol–water partition coefficient (Wildman–Crippen LogP) is 0.0302. The van der Waals surface area contributed by atoms with Gasteiger partial charge < -0.3 is 20.5 Å². The van der Waals surface area contributed by atoms with Crippen LogP contribution in [0.2, 0.25) is 0 Å². The molecular formula is C14H22NO4P. The van der Waals surface area contributed by atoms with Gasteiger partial charge in [0.25, 0.3) is 0 Å². The lowest BCUT2D eigenvalue weighted by Gasteiger charge is -2.12. The van der Waals surface area contributed by atoms with Gasteiger partial charge in [-0.05, 0) is 24.8 Å². The van der Waals surface area contributed by atoms with Crippen LogP contribution >= 0.6 is 7.37 Å². The summed E-state index contributed by atoms with van der Waals surface area (Å²) in [5.74, 6) is -1.17. The first-order chi connectivity index (χ1) is 9.41. The van der Waals surface area contributed by atoms with E-state index in [1.807, 2.05) is 30.3 Å². The summed E-state index contributed by atoms with van der Waals surface area (Å²) in [6, 6.07) is 8.87. The Morgan fingerprint density at radius 1 is 1.25 bits per heavy atom. The number of hydrogen-bond acceptors (Lipinski definition) is 3. The number of benzene rings is 1. The van der Waals surface area contributed by atoms with Crippen LogP contribution in [-0.2, 0) is 15.8 Å². The predicted molar refractivity (Wildman–Crippen MR) is 75.2 cm³/mol. The Hall–Kier alpha value is -1.16. The first-order valence-corrected chi connectivity index (χ1v) is 8.82. The van der Waals surface area contributed by atoms with Crippen molar-refractivity contribution in [3.63, 3.8) is 0 Å². The van der Waals surface area contributed by atoms with E-state index >= 15 is 0 Å². The molecule has 0 aliphatic heterocycles. The number of unbranched alkanes of at least 4 members (excludes halogenated alkanes) is 1. The van der Waals surface area contributed by atoms with E-state index in [0.717, 1.165) is 5.56 Å². The topological polar surface area (TPSA) is 105 Å². The van der Waals surface area contributed by atoms with Crippen LogP contribution in [0.4, 0.5) is 0 Å². The van der Waals surface area contributed by atoms with Crippen molar-refractivity contribution in [1.29, 1.82) is 0 Å². The number of carbonyl (C=O) groups excluding carboxylic acids is 1. The maximum Gasteiger partial charge on any atom is 0.200 e. The molecule has 5 nitrogen and oxygen atoms in total. The molecule has 1 aromatic carbocycles. The molecule has 2 atom stereocenters. The molecule has 0 saturated heterocycles. The molecule has 0 aliphatic carbocycles. The molecule has 0 radical (unpaired) electrons. The molecule has 0 fully saturated rings. The average molecular weight is 299 g/mol. The van der Waals surface area contributed by atoms with Crippen molar-refractivity contribution >= 4 is 13.3 Å². The Bertz CT molecular complexity index is 464. The number of aliphatic carboxylic acids is 1. The van der Waals surface area contributed by atoms with Crippen molar-refractivity contribution in [3.8, 4) is 0 Å². The normalized spacial score (nSPS) is 15.5. The fourth-order valence-electron chi connectivity index (χ4n) is 1.93. The third-order valence-electron chi connectivity index (χ3n) is 3.24. The summed E-state index contributed by atoms with van der Waals surface area (Å²) < 4.78 is 12.0. The molecule has 6 heteroatoms. The molecule has 112 valence electrons. The van der Waals surface area contributed by atoms with Crippen LogP contribution < -0.4 is 10.8 Å². The van der Waals surface area contributed by atoms with E-state index < -0.39 is 19.4 Å². The molecule has 1 rings (SSSR count). The Balaban J connectivity index is 2.24. The fraction of sp³-hybridized carbons (Fsp3) is 0.500. The number of aryl methyl sites for hydroxylation is 1. The van der Waals surface area contributed by atoms with Gasteiger partial charge in [-0.15, -0.1) is 0 Å². The number of rotatable bonds is 9. The van der Waals surface area contributed by atoms with Crippen LogP contribution in [0.5, 0.6) is 0 Å². The van der Waals surface area contributed by atoms with Gasteiger partial charge in [0.2, 0.25) is 7.37 Å². The van der Waals surface area contributed by atoms with E-state index in [-0.39, 0.29) is 12.3 Å². The van der Waals surface area contributed by atoms with Gasteiger partial charge in [-0.2, -0.15) is 0 Å². The SMILES string of the molecule is [NH3+][C@@H](CCCCP(=O)(O)CCc1ccccc1)C(=O)[O-]. The molecule has 20 heavy (non-hydrogen) atoms. The van der Waals surface area contributed by atoms with Gasteiger partial charge in [0, 0.05) is 18.7 Å². The minimum atomic E-state index is -3.13. The summed E-state index contributed by atoms with van der Waals surface area (Å²) in [4.78, 5) is 20.3. The second kappa shape index (κ2) is 8.20. The smallest absolute Gasteiger partial charge is 0.200 e. The number of hydrogen-bond donors (Lipinski definition) is 2. The lowest BCUT2D eigenvalue weighted by molar-refractivity contribution is -0.438. The lowest BCUT2D eigenvalue weighted by atomic mass is 10.1. The zero-order valence-electron chi connectivity index (χ0n) is 11.5. The van der Waals surface area contributed by atoms with Crippen LogP contribution in [0.25, 0.3) is 0 Å². The largest absolute Gasteiger partial charge is 0.544 e. The first-order valence-electron chi connectivity index (χ1n) is 6.79. The summed E-state index contributed by atoms with van der Waals surface area (Å²) in [5, 5.41) is 10.5. The first kappa shape index (κ1) is 16.9. The quantitative estimate of drug-likeness (QED) is 0.495. The van der Waals surface area contributed by atoms with Crippen molar-refractivity contribution in [2.45, 2.75) is 31.7 Å². The molecule has 4 N–H and O–H groups in total. The van der Waals surface area contributed by atoms with Crippen molar-refractivity contribution in [2.24, 2.45) is 0 Å². The molecule has 1 unspecified atom stereocenters. The monoisotopic (exact) mass is 299 g/mol. The van der Waals surface area contributed by atoms with Gasteiger partial charge in [-0.25, -0.2) is 0 Å². The van der Waals surface area contributed by atoms with Crippen molar-refractivity contribution in [2.75, 3.05) is 12.3 Å². The molecule has 0 heterocycles. The highest BCUT2D eigenvalue weighted by atomic mass is 31.2. The molecule has 0 amide bonds. The van der Waals surface area contributed by atoms with E-state index in [1.165, 1.54) is 0 Å². The number of carbonyl (C=O) groups is 1. The molecule has 0 aromatic heterocycles. The van der Waals surface area contributed by atoms with Crippen LogP contribution in [0, 0.1) is 0 Å². The van der Waals surface area contributed by atoms with Gasteiger partial charge >= 0.3 is 0 Å². The molecule has 0 saturated carbocycles. The van der Waals surface area contributed by atoms with Gasteiger partial charge in [0.05, 0.1) is 5.97 Å². The molecular weight excluding hydrogens is 277 g/mol. The third kappa shape index (κ3) is 6.85. The molecule has 0 aliphatic rings. The van der Waals surface area contributed by atoms with E-state index in [1.54, 1.807) is 0 Å². The summed E-state index contributed by atoms with van der Waals surface area (Å²) in [6.45, 7) is 0. The van der Waals surface area contributed by atoms with Gasteiger partial charge in [-0.1, -0.05) is 30.3 Å². The van der Waals surface area contributed by atoms with E-state index in [9.17, 15) is 19.4 Å². The van der Waals surface area contributed by atoms with Gasteiger partial charge in [0.15, 0.2) is 0 Å². The molecule has 1 aromatic rings. The number of carboxylic acids is 1. The highest BCUT2D eigenvalue weighted by molar-refractivity contribution is 7.57. The zero-order chi connectivity index (χ0) is 15.0. The lowest BCUT2D eigenvalue weighted by Crippen LogP contribution is -2.68. The van der Waals surface area contributed by atoms with Gasteiger partial charge in [-0.3, -0.25) is 4.57 Å². The van der Waals surface area contributed by atoms with E-state index in [0.29, 0.717) is 25.7 Å². The van der Waals surface area contributed by atoms with Crippen molar-refractivity contribution in [1.82, 2.24) is 0 Å². The molecule has 0 spiro atoms. The number of carboxylic acid groups (broad SMARTS) is 1. The Kier molecular flexibility index (Phi) is 6.93. The van der Waals surface area contributed by atoms with E-state index in [4.69, 9.17) is 0 Å². The van der Waals surface area contributed by atoms with Crippen LogP contribution in [0.1, 0.15) is 24.8 Å². The second-order valence-electron chi connectivity index (χ2n) is 5.04. The van der Waals surface area contributed by atoms with Gasteiger partial charge in [0.1, 0.15) is 6.04 Å². The highest BCUT2D eigenvalue weighted by Gasteiger charge is 2.18. The minimum absolute atomic E-state index is 0.236. The zero-order valence-corrected chi connectivity index (χ0v) is 12.4. The maximum absolute atomic E-state index is 12.0. The summed E-state index contributed by atoms with van der Waals surface area (Å²) >= 11 is 0. The Morgan fingerprint density at radius 2 is 1.90 bits per heavy atom. The van der Waals surface area contributed by atoms with E-state index in [2.05, 4.69) is 5.73 Å². The number of quaternary nitrogens is 1. The average Bonchev–Trinajstić information content (AvgIpc) is 2.42. The third-order valence-corrected chi connectivity index (χ3v) is 5.17. The van der Waals surface area contributed by atoms with Crippen LogP contribution in [0.3, 0.4) is 0 Å². The standard InChI is InChI=1S/C14H22NO4P/c15-13(14(16)17)8-4-5-10-20(18,19)11-9-12-6-2-1-3-7-12/h1-3,6-7,13H,4-5,8-11,15H2,(H,16,17)(H,18,19)/t13-/m0/s1.